The molecule has 0 aromatic carbocycles. The number of morpholine rings is 1. The van der Waals surface area contributed by atoms with Gasteiger partial charge in [-0.25, -0.2) is 9.97 Å². The Kier molecular flexibility index (Phi) is 6.29. The van der Waals surface area contributed by atoms with Gasteiger partial charge in [0.15, 0.2) is 0 Å². The normalized spacial score (nSPS) is 15.5. The monoisotopic (exact) mass is 391 g/mol. The number of anilines is 1. The van der Waals surface area contributed by atoms with E-state index < -0.39 is 0 Å². The lowest BCUT2D eigenvalue weighted by atomic mass is 10.2. The molecular formula is C19H29N5O2S. The van der Waals surface area contributed by atoms with Gasteiger partial charge in [-0.15, -0.1) is 11.3 Å². The first-order valence-electron chi connectivity index (χ1n) is 9.42. The predicted molar refractivity (Wildman–Crippen MR) is 110 cm³/mol. The van der Waals surface area contributed by atoms with Crippen LogP contribution in [0.5, 0.6) is 0 Å². The molecule has 3 heterocycles. The van der Waals surface area contributed by atoms with Crippen LogP contribution in [0.15, 0.2) is 0 Å². The largest absolute Gasteiger partial charge is 0.379 e. The maximum atomic E-state index is 12.2. The number of hydrogen-bond acceptors (Lipinski definition) is 7. The summed E-state index contributed by atoms with van der Waals surface area (Å²) in [5, 5.41) is 4.01. The number of amides is 1. The highest BCUT2D eigenvalue weighted by atomic mass is 32.1. The molecule has 1 fully saturated rings. The molecule has 27 heavy (non-hydrogen) atoms. The number of hydrogen-bond donors (Lipinski definition) is 1. The maximum Gasteiger partial charge on any atom is 0.239 e. The standard InChI is InChI=1S/C19H29N5O2S/c1-12(2)20-16(25)11-23(5)18-17-13(3)14(4)27-19(17)22-15(21-18)10-24-6-8-26-9-7-24/h12H,6-11H2,1-5H3,(H,20,25). The maximum absolute atomic E-state index is 12.2. The van der Waals surface area contributed by atoms with Gasteiger partial charge in [0, 0.05) is 31.1 Å². The van der Waals surface area contributed by atoms with Gasteiger partial charge >= 0.3 is 0 Å². The highest BCUT2D eigenvalue weighted by molar-refractivity contribution is 7.18. The Labute approximate surface area is 164 Å². The molecule has 8 heteroatoms. The molecular weight excluding hydrogens is 362 g/mol. The number of nitrogens with zero attached hydrogens (tertiary/aromatic N) is 4. The summed E-state index contributed by atoms with van der Waals surface area (Å²) in [6.07, 6.45) is 0. The minimum Gasteiger partial charge on any atom is -0.379 e. The molecule has 2 aromatic rings. The number of ether oxygens (including phenoxy) is 1. The van der Waals surface area contributed by atoms with E-state index in [1.807, 2.05) is 25.8 Å². The number of thiophene rings is 1. The molecule has 0 bridgehead atoms. The number of aromatic nitrogens is 2. The van der Waals surface area contributed by atoms with Crippen molar-refractivity contribution in [1.29, 1.82) is 0 Å². The molecule has 3 rings (SSSR count). The second-order valence-electron chi connectivity index (χ2n) is 7.39. The van der Waals surface area contributed by atoms with E-state index in [-0.39, 0.29) is 18.5 Å². The first kappa shape index (κ1) is 20.0. The topological polar surface area (TPSA) is 70.6 Å². The molecule has 0 unspecified atom stereocenters. The second kappa shape index (κ2) is 8.50. The molecule has 2 aromatic heterocycles. The van der Waals surface area contributed by atoms with Crippen molar-refractivity contribution < 1.29 is 9.53 Å². The van der Waals surface area contributed by atoms with Gasteiger partial charge in [0.1, 0.15) is 16.5 Å². The highest BCUT2D eigenvalue weighted by Crippen LogP contribution is 2.34. The summed E-state index contributed by atoms with van der Waals surface area (Å²) < 4.78 is 5.43. The third kappa shape index (κ3) is 4.75. The zero-order chi connectivity index (χ0) is 19.6. The fourth-order valence-electron chi connectivity index (χ4n) is 3.24. The van der Waals surface area contributed by atoms with Crippen molar-refractivity contribution in [3.8, 4) is 0 Å². The molecule has 1 aliphatic heterocycles. The van der Waals surface area contributed by atoms with Gasteiger partial charge in [-0.05, 0) is 33.3 Å². The van der Waals surface area contributed by atoms with Gasteiger partial charge < -0.3 is 15.0 Å². The van der Waals surface area contributed by atoms with E-state index >= 15 is 0 Å². The summed E-state index contributed by atoms with van der Waals surface area (Å²) in [5.41, 5.74) is 1.19. The van der Waals surface area contributed by atoms with Gasteiger partial charge in [-0.1, -0.05) is 0 Å². The van der Waals surface area contributed by atoms with Crippen LogP contribution in [-0.2, 0) is 16.1 Å². The third-order valence-corrected chi connectivity index (χ3v) is 5.82. The predicted octanol–water partition coefficient (Wildman–Crippen LogP) is 2.10. The smallest absolute Gasteiger partial charge is 0.239 e. The van der Waals surface area contributed by atoms with Crippen LogP contribution in [0.25, 0.3) is 10.2 Å². The lowest BCUT2D eigenvalue weighted by Gasteiger charge is -2.26. The number of nitrogens with one attached hydrogen (secondary N) is 1. The summed E-state index contributed by atoms with van der Waals surface area (Å²) in [6, 6.07) is 0.123. The number of carbonyl (C=O) groups excluding carboxylic acids is 1. The zero-order valence-corrected chi connectivity index (χ0v) is 17.7. The molecule has 0 spiro atoms. The van der Waals surface area contributed by atoms with Crippen molar-refractivity contribution in [2.45, 2.75) is 40.3 Å². The van der Waals surface area contributed by atoms with Gasteiger partial charge in [-0.3, -0.25) is 9.69 Å². The Morgan fingerprint density at radius 2 is 2.00 bits per heavy atom. The molecule has 0 aliphatic carbocycles. The second-order valence-corrected chi connectivity index (χ2v) is 8.60. The summed E-state index contributed by atoms with van der Waals surface area (Å²) in [7, 11) is 1.92. The molecule has 1 amide bonds. The number of carbonyl (C=O) groups is 1. The molecule has 0 atom stereocenters. The molecule has 148 valence electrons. The number of aryl methyl sites for hydroxylation is 2. The minimum atomic E-state index is -0.00130. The lowest BCUT2D eigenvalue weighted by Crippen LogP contribution is -2.39. The van der Waals surface area contributed by atoms with E-state index in [1.54, 1.807) is 11.3 Å². The first-order valence-corrected chi connectivity index (χ1v) is 10.2. The molecule has 7 nitrogen and oxygen atoms in total. The fraction of sp³-hybridized carbons (Fsp3) is 0.632. The molecule has 1 saturated heterocycles. The van der Waals surface area contributed by atoms with E-state index in [1.165, 1.54) is 10.4 Å². The lowest BCUT2D eigenvalue weighted by molar-refractivity contribution is -0.120. The summed E-state index contributed by atoms with van der Waals surface area (Å²) in [4.78, 5) is 28.4. The van der Waals surface area contributed by atoms with Crippen LogP contribution in [0, 0.1) is 13.8 Å². The summed E-state index contributed by atoms with van der Waals surface area (Å²) in [5.74, 6) is 1.64. The third-order valence-electron chi connectivity index (χ3n) is 4.72. The van der Waals surface area contributed by atoms with E-state index in [9.17, 15) is 4.79 Å². The fourth-order valence-corrected chi connectivity index (χ4v) is 4.28. The van der Waals surface area contributed by atoms with Gasteiger partial charge in [0.2, 0.25) is 5.91 Å². The average Bonchev–Trinajstić information content (AvgIpc) is 2.88. The van der Waals surface area contributed by atoms with Crippen molar-refractivity contribution in [2.75, 3.05) is 44.8 Å². The van der Waals surface area contributed by atoms with Crippen LogP contribution in [0.3, 0.4) is 0 Å². The van der Waals surface area contributed by atoms with Crippen molar-refractivity contribution >= 4 is 33.3 Å². The number of fused-ring (bicyclic) bond motifs is 1. The van der Waals surface area contributed by atoms with Crippen LogP contribution >= 0.6 is 11.3 Å². The SMILES string of the molecule is Cc1sc2nc(CN3CCOCC3)nc(N(C)CC(=O)NC(C)C)c2c1C. The quantitative estimate of drug-likeness (QED) is 0.813. The summed E-state index contributed by atoms with van der Waals surface area (Å²) in [6.45, 7) is 12.4. The van der Waals surface area contributed by atoms with E-state index in [2.05, 4.69) is 24.1 Å². The minimum absolute atomic E-state index is 0.00130. The van der Waals surface area contributed by atoms with Crippen LogP contribution in [0.4, 0.5) is 5.82 Å². The molecule has 0 saturated carbocycles. The van der Waals surface area contributed by atoms with Crippen molar-refractivity contribution in [3.05, 3.63) is 16.3 Å². The molecule has 0 radical (unpaired) electrons. The van der Waals surface area contributed by atoms with Gasteiger partial charge in [0.05, 0.1) is 31.7 Å². The summed E-state index contributed by atoms with van der Waals surface area (Å²) >= 11 is 1.69. The Morgan fingerprint density at radius 3 is 2.67 bits per heavy atom. The number of likely N-dealkylation sites (N-methyl/N-ethyl adjacent to an activating group) is 1. The van der Waals surface area contributed by atoms with Gasteiger partial charge in [-0.2, -0.15) is 0 Å². The molecule has 1 aliphatic rings. The van der Waals surface area contributed by atoms with Crippen molar-refractivity contribution in [3.63, 3.8) is 0 Å². The van der Waals surface area contributed by atoms with Crippen LogP contribution in [0.1, 0.15) is 30.1 Å². The van der Waals surface area contributed by atoms with Gasteiger partial charge in [0.25, 0.3) is 0 Å². The van der Waals surface area contributed by atoms with Crippen molar-refractivity contribution in [2.24, 2.45) is 0 Å². The van der Waals surface area contributed by atoms with E-state index in [4.69, 9.17) is 14.7 Å². The Bertz CT molecular complexity index is 814. The van der Waals surface area contributed by atoms with Crippen LogP contribution < -0.4 is 10.2 Å². The average molecular weight is 392 g/mol. The Hall–Kier alpha value is -1.77. The Morgan fingerprint density at radius 1 is 1.30 bits per heavy atom. The highest BCUT2D eigenvalue weighted by Gasteiger charge is 2.20. The molecule has 1 N–H and O–H groups in total. The van der Waals surface area contributed by atoms with Crippen molar-refractivity contribution in [1.82, 2.24) is 20.2 Å². The Balaban J connectivity index is 1.91. The number of rotatable bonds is 6. The van der Waals surface area contributed by atoms with E-state index in [0.717, 1.165) is 48.2 Å². The van der Waals surface area contributed by atoms with Crippen LogP contribution in [-0.4, -0.2) is 66.7 Å². The van der Waals surface area contributed by atoms with E-state index in [0.29, 0.717) is 6.54 Å². The zero-order valence-electron chi connectivity index (χ0n) is 16.8. The van der Waals surface area contributed by atoms with Crippen LogP contribution in [0.2, 0.25) is 0 Å². The first-order chi connectivity index (χ1) is 12.8.